The van der Waals surface area contributed by atoms with E-state index < -0.39 is 6.04 Å². The molecule has 0 aliphatic carbocycles. The lowest BCUT2D eigenvalue weighted by Crippen LogP contribution is -2.45. The third-order valence-electron chi connectivity index (χ3n) is 4.87. The molecule has 0 unspecified atom stereocenters. The van der Waals surface area contributed by atoms with E-state index in [0.29, 0.717) is 28.2 Å². The summed E-state index contributed by atoms with van der Waals surface area (Å²) in [6, 6.07) is 5.98. The van der Waals surface area contributed by atoms with Crippen LogP contribution in [0.5, 0.6) is 0 Å². The van der Waals surface area contributed by atoms with Crippen LogP contribution < -0.4 is 10.6 Å². The van der Waals surface area contributed by atoms with E-state index in [1.807, 2.05) is 0 Å². The second-order valence-corrected chi connectivity index (χ2v) is 9.22. The van der Waals surface area contributed by atoms with Gasteiger partial charge in [-0.2, -0.15) is 0 Å². The van der Waals surface area contributed by atoms with Crippen LogP contribution in [-0.4, -0.2) is 54.4 Å². The second-order valence-electron chi connectivity index (χ2n) is 7.89. The fourth-order valence-electron chi connectivity index (χ4n) is 3.12. The Kier molecular flexibility index (Phi) is 11.3. The minimum atomic E-state index is -0.862. The number of benzene rings is 1. The summed E-state index contributed by atoms with van der Waals surface area (Å²) in [5, 5.41) is 8.37. The van der Waals surface area contributed by atoms with Gasteiger partial charge in [0.05, 0.1) is 6.61 Å². The number of methoxy groups -OCH3 is 1. The normalized spacial score (nSPS) is 11.8. The van der Waals surface area contributed by atoms with Crippen molar-refractivity contribution in [3.63, 3.8) is 0 Å². The highest BCUT2D eigenvalue weighted by molar-refractivity contribution is 7.13. The maximum atomic E-state index is 13.2. The lowest BCUT2D eigenvalue weighted by atomic mass is 10.0. The number of halogens is 1. The molecule has 180 valence electrons. The van der Waals surface area contributed by atoms with Crippen molar-refractivity contribution >= 4 is 45.8 Å². The van der Waals surface area contributed by atoms with Gasteiger partial charge >= 0.3 is 0 Å². The molecule has 10 heteroatoms. The first kappa shape index (κ1) is 26.8. The van der Waals surface area contributed by atoms with Crippen molar-refractivity contribution in [2.24, 2.45) is 5.92 Å². The monoisotopic (exact) mass is 494 g/mol. The largest absolute Gasteiger partial charge is 0.383 e. The number of aromatic nitrogens is 1. The topological polar surface area (TPSA) is 101 Å². The lowest BCUT2D eigenvalue weighted by molar-refractivity contribution is -0.142. The number of ether oxygens (including phenoxy) is 1. The van der Waals surface area contributed by atoms with Gasteiger partial charge in [-0.3, -0.25) is 14.4 Å². The molecule has 3 amide bonds. The average molecular weight is 495 g/mol. The first-order chi connectivity index (χ1) is 15.8. The number of rotatable bonds is 13. The lowest BCUT2D eigenvalue weighted by Gasteiger charge is -2.31. The molecule has 1 heterocycles. The molecule has 2 rings (SSSR count). The van der Waals surface area contributed by atoms with Gasteiger partial charge in [0.25, 0.3) is 0 Å². The summed E-state index contributed by atoms with van der Waals surface area (Å²) in [5.74, 6) is -0.480. The third kappa shape index (κ3) is 9.11. The van der Waals surface area contributed by atoms with E-state index in [-0.39, 0.29) is 43.7 Å². The molecule has 0 saturated carbocycles. The zero-order valence-electron chi connectivity index (χ0n) is 19.2. The molecule has 2 N–H and O–H groups in total. The van der Waals surface area contributed by atoms with Crippen molar-refractivity contribution in [2.75, 3.05) is 32.1 Å². The summed E-state index contributed by atoms with van der Waals surface area (Å²) < 4.78 is 5.18. The number of carbonyl (C=O) groups excluding carboxylic acids is 3. The molecule has 8 nitrogen and oxygen atoms in total. The van der Waals surface area contributed by atoms with Gasteiger partial charge in [-0.25, -0.2) is 4.98 Å². The van der Waals surface area contributed by atoms with Crippen molar-refractivity contribution in [3.05, 3.63) is 46.4 Å². The Labute approximate surface area is 203 Å². The van der Waals surface area contributed by atoms with Gasteiger partial charge in [0, 0.05) is 49.6 Å². The van der Waals surface area contributed by atoms with E-state index in [1.54, 1.807) is 35.8 Å². The molecule has 0 saturated heterocycles. The zero-order chi connectivity index (χ0) is 24.2. The number of carbonyl (C=O) groups is 3. The van der Waals surface area contributed by atoms with Gasteiger partial charge in [-0.15, -0.1) is 11.3 Å². The van der Waals surface area contributed by atoms with Crippen LogP contribution in [0.2, 0.25) is 5.02 Å². The van der Waals surface area contributed by atoms with E-state index >= 15 is 0 Å². The Hall–Kier alpha value is -2.49. The average Bonchev–Trinajstić information content (AvgIpc) is 3.28. The number of hydrogen-bond donors (Lipinski definition) is 2. The highest BCUT2D eigenvalue weighted by atomic mass is 35.5. The SMILES string of the molecule is COCCN(C(=O)CCC(=O)Nc1nccs1)[C@H](C(=O)NCCC(C)C)c1ccc(Cl)cc1. The van der Waals surface area contributed by atoms with Gasteiger partial charge in [-0.1, -0.05) is 37.6 Å². The minimum absolute atomic E-state index is 0.0236. The molecule has 1 aromatic carbocycles. The molecule has 0 bridgehead atoms. The van der Waals surface area contributed by atoms with Crippen LogP contribution in [0.25, 0.3) is 0 Å². The molecule has 0 aliphatic heterocycles. The van der Waals surface area contributed by atoms with Crippen LogP contribution in [-0.2, 0) is 19.1 Å². The van der Waals surface area contributed by atoms with Gasteiger partial charge in [0.2, 0.25) is 17.7 Å². The van der Waals surface area contributed by atoms with Gasteiger partial charge < -0.3 is 20.3 Å². The van der Waals surface area contributed by atoms with Gasteiger partial charge in [0.15, 0.2) is 5.13 Å². The van der Waals surface area contributed by atoms with Gasteiger partial charge in [-0.05, 0) is 30.0 Å². The minimum Gasteiger partial charge on any atom is -0.383 e. The second kappa shape index (κ2) is 13.9. The Bertz CT molecular complexity index is 890. The Balaban J connectivity index is 2.18. The molecule has 0 spiro atoms. The van der Waals surface area contributed by atoms with E-state index in [9.17, 15) is 14.4 Å². The Morgan fingerprint density at radius 3 is 2.52 bits per heavy atom. The molecule has 33 heavy (non-hydrogen) atoms. The van der Waals surface area contributed by atoms with E-state index in [0.717, 1.165) is 6.42 Å². The fourth-order valence-corrected chi connectivity index (χ4v) is 3.79. The number of hydrogen-bond acceptors (Lipinski definition) is 6. The van der Waals surface area contributed by atoms with Crippen molar-refractivity contribution in [1.29, 1.82) is 0 Å². The molecule has 0 aliphatic rings. The van der Waals surface area contributed by atoms with Crippen LogP contribution in [0.15, 0.2) is 35.8 Å². The smallest absolute Gasteiger partial charge is 0.247 e. The molecular formula is C23H31ClN4O4S. The maximum absolute atomic E-state index is 13.2. The predicted molar refractivity (Wildman–Crippen MR) is 130 cm³/mol. The maximum Gasteiger partial charge on any atom is 0.247 e. The summed E-state index contributed by atoms with van der Waals surface area (Å²) in [4.78, 5) is 44.1. The molecule has 1 atom stereocenters. The molecule has 2 aromatic rings. The number of nitrogens with one attached hydrogen (secondary N) is 2. The Morgan fingerprint density at radius 1 is 1.18 bits per heavy atom. The van der Waals surface area contributed by atoms with Crippen LogP contribution in [0.3, 0.4) is 0 Å². The van der Waals surface area contributed by atoms with Crippen LogP contribution in [0, 0.1) is 5.92 Å². The molecule has 0 fully saturated rings. The molecule has 1 aromatic heterocycles. The summed E-state index contributed by atoms with van der Waals surface area (Å²) in [6.07, 6.45) is 2.34. The number of nitrogens with zero attached hydrogens (tertiary/aromatic N) is 2. The number of anilines is 1. The first-order valence-corrected chi connectivity index (χ1v) is 12.1. The fraction of sp³-hybridized carbons (Fsp3) is 0.478. The van der Waals surface area contributed by atoms with E-state index in [1.165, 1.54) is 23.3 Å². The summed E-state index contributed by atoms with van der Waals surface area (Å²) >= 11 is 7.33. The van der Waals surface area contributed by atoms with Crippen LogP contribution >= 0.6 is 22.9 Å². The van der Waals surface area contributed by atoms with Crippen LogP contribution in [0.4, 0.5) is 5.13 Å². The third-order valence-corrected chi connectivity index (χ3v) is 5.81. The molecule has 0 radical (unpaired) electrons. The van der Waals surface area contributed by atoms with Crippen molar-refractivity contribution in [2.45, 2.75) is 39.2 Å². The zero-order valence-corrected chi connectivity index (χ0v) is 20.7. The summed E-state index contributed by atoms with van der Waals surface area (Å²) in [6.45, 7) is 5.11. The number of amides is 3. The standard InChI is InChI=1S/C23H31ClN4O4S/c1-16(2)10-11-25-22(31)21(17-4-6-18(24)7-5-17)28(13-14-32-3)20(30)9-8-19(29)27-23-26-12-15-33-23/h4-7,12,15-16,21H,8-11,13-14H2,1-3H3,(H,25,31)(H,26,27,29)/t21-/m0/s1. The van der Waals surface area contributed by atoms with Crippen molar-refractivity contribution < 1.29 is 19.1 Å². The number of thiazole rings is 1. The first-order valence-electron chi connectivity index (χ1n) is 10.8. The molecular weight excluding hydrogens is 464 g/mol. The summed E-state index contributed by atoms with van der Waals surface area (Å²) in [7, 11) is 1.53. The highest BCUT2D eigenvalue weighted by Gasteiger charge is 2.31. The van der Waals surface area contributed by atoms with Crippen LogP contribution in [0.1, 0.15) is 44.7 Å². The van der Waals surface area contributed by atoms with Crippen molar-refractivity contribution in [1.82, 2.24) is 15.2 Å². The highest BCUT2D eigenvalue weighted by Crippen LogP contribution is 2.24. The predicted octanol–water partition coefficient (Wildman–Crippen LogP) is 3.89. The van der Waals surface area contributed by atoms with E-state index in [4.69, 9.17) is 16.3 Å². The quantitative estimate of drug-likeness (QED) is 0.440. The summed E-state index contributed by atoms with van der Waals surface area (Å²) in [5.41, 5.74) is 0.637. The van der Waals surface area contributed by atoms with Gasteiger partial charge in [0.1, 0.15) is 6.04 Å². The van der Waals surface area contributed by atoms with Crippen molar-refractivity contribution in [3.8, 4) is 0 Å². The Morgan fingerprint density at radius 2 is 1.91 bits per heavy atom. The van der Waals surface area contributed by atoms with E-state index in [2.05, 4.69) is 29.5 Å².